The topological polar surface area (TPSA) is 89.3 Å². The van der Waals surface area contributed by atoms with Crippen molar-refractivity contribution in [2.45, 2.75) is 13.0 Å². The van der Waals surface area contributed by atoms with Crippen LogP contribution in [-0.4, -0.2) is 11.1 Å². The lowest BCUT2D eigenvalue weighted by molar-refractivity contribution is 0.0697. The summed E-state index contributed by atoms with van der Waals surface area (Å²) in [6.45, 7) is 1.78. The summed E-state index contributed by atoms with van der Waals surface area (Å²) in [7, 11) is 0. The maximum Gasteiger partial charge on any atom is 0.335 e. The van der Waals surface area contributed by atoms with E-state index < -0.39 is 5.97 Å². The van der Waals surface area contributed by atoms with Crippen molar-refractivity contribution in [3.63, 3.8) is 0 Å². The van der Waals surface area contributed by atoms with Gasteiger partial charge in [-0.05, 0) is 30.7 Å². The molecule has 0 aliphatic carbocycles. The number of benzene rings is 1. The van der Waals surface area contributed by atoms with E-state index in [1.165, 1.54) is 12.1 Å². The van der Waals surface area contributed by atoms with Gasteiger partial charge in [0.25, 0.3) is 0 Å². The number of hydrogen-bond donors (Lipinski definition) is 3. The Hall–Kier alpha value is -1.55. The molecule has 0 aliphatic heterocycles. The summed E-state index contributed by atoms with van der Waals surface area (Å²) in [5.74, 6) is -0.991. The number of carboxylic acid groups (broad SMARTS) is 1. The van der Waals surface area contributed by atoms with Crippen molar-refractivity contribution in [3.05, 3.63) is 29.3 Å². The third kappa shape index (κ3) is 2.19. The lowest BCUT2D eigenvalue weighted by atomic mass is 10.0. The molecule has 1 unspecified atom stereocenters. The minimum absolute atomic E-state index is 0.173. The lowest BCUT2D eigenvalue weighted by Gasteiger charge is -2.07. The van der Waals surface area contributed by atoms with E-state index in [1.54, 1.807) is 13.0 Å². The fraction of sp³-hybridized carbons (Fsp3) is 0.222. The molecule has 0 saturated heterocycles. The van der Waals surface area contributed by atoms with Gasteiger partial charge in [0.2, 0.25) is 0 Å². The monoisotopic (exact) mass is 180 g/mol. The Balaban J connectivity index is 3.19. The molecular formula is C9H12N2O2. The van der Waals surface area contributed by atoms with Crippen LogP contribution in [0, 0.1) is 0 Å². The summed E-state index contributed by atoms with van der Waals surface area (Å²) in [6, 6.07) is 4.41. The average molecular weight is 180 g/mol. The zero-order chi connectivity index (χ0) is 10.0. The first-order valence-electron chi connectivity index (χ1n) is 3.90. The third-order valence-electron chi connectivity index (χ3n) is 1.75. The molecule has 0 amide bonds. The number of rotatable bonds is 2. The molecule has 0 radical (unpaired) electrons. The Labute approximate surface area is 76.2 Å². The minimum atomic E-state index is -0.991. The van der Waals surface area contributed by atoms with E-state index in [0.29, 0.717) is 5.69 Å². The van der Waals surface area contributed by atoms with Crippen molar-refractivity contribution < 1.29 is 9.90 Å². The zero-order valence-electron chi connectivity index (χ0n) is 7.32. The molecule has 70 valence electrons. The van der Waals surface area contributed by atoms with Crippen molar-refractivity contribution in [1.82, 2.24) is 0 Å². The highest BCUT2D eigenvalue weighted by Gasteiger charge is 2.07. The summed E-state index contributed by atoms with van der Waals surface area (Å²) in [4.78, 5) is 10.6. The van der Waals surface area contributed by atoms with Crippen LogP contribution >= 0.6 is 0 Å². The smallest absolute Gasteiger partial charge is 0.335 e. The molecule has 0 aromatic heterocycles. The van der Waals surface area contributed by atoms with Gasteiger partial charge in [-0.2, -0.15) is 0 Å². The van der Waals surface area contributed by atoms with Gasteiger partial charge in [0.15, 0.2) is 0 Å². The van der Waals surface area contributed by atoms with Crippen LogP contribution in [0.5, 0.6) is 0 Å². The highest BCUT2D eigenvalue weighted by Crippen LogP contribution is 2.16. The predicted molar refractivity (Wildman–Crippen MR) is 50.4 cm³/mol. The molecular weight excluding hydrogens is 168 g/mol. The van der Waals surface area contributed by atoms with E-state index in [4.69, 9.17) is 16.6 Å². The normalized spacial score (nSPS) is 12.5. The number of carbonyl (C=O) groups is 1. The highest BCUT2D eigenvalue weighted by atomic mass is 16.4. The molecule has 1 rings (SSSR count). The Morgan fingerprint density at radius 1 is 1.46 bits per heavy atom. The van der Waals surface area contributed by atoms with Crippen LogP contribution in [-0.2, 0) is 0 Å². The third-order valence-corrected chi connectivity index (χ3v) is 1.75. The first kappa shape index (κ1) is 9.54. The van der Waals surface area contributed by atoms with Crippen LogP contribution in [0.2, 0.25) is 0 Å². The second-order valence-corrected chi connectivity index (χ2v) is 2.98. The van der Waals surface area contributed by atoms with Gasteiger partial charge in [0.05, 0.1) is 5.56 Å². The first-order chi connectivity index (χ1) is 6.00. The zero-order valence-corrected chi connectivity index (χ0v) is 7.32. The van der Waals surface area contributed by atoms with Crippen molar-refractivity contribution in [1.29, 1.82) is 0 Å². The van der Waals surface area contributed by atoms with Gasteiger partial charge in [0, 0.05) is 11.7 Å². The molecule has 0 saturated carbocycles. The lowest BCUT2D eigenvalue weighted by Crippen LogP contribution is -2.08. The van der Waals surface area contributed by atoms with Gasteiger partial charge in [0.1, 0.15) is 0 Å². The number of anilines is 1. The number of aromatic carboxylic acids is 1. The van der Waals surface area contributed by atoms with Crippen LogP contribution in [0.1, 0.15) is 28.9 Å². The Morgan fingerprint density at radius 3 is 2.54 bits per heavy atom. The fourth-order valence-electron chi connectivity index (χ4n) is 1.06. The molecule has 4 nitrogen and oxygen atoms in total. The van der Waals surface area contributed by atoms with E-state index in [2.05, 4.69) is 0 Å². The number of carboxylic acids is 1. The standard InChI is InChI=1S/C9H12N2O2/c1-5(10)6-2-7(9(12)13)4-8(11)3-6/h2-5H,10-11H2,1H3,(H,12,13). The Bertz CT molecular complexity index is 334. The summed E-state index contributed by atoms with van der Waals surface area (Å²) >= 11 is 0. The molecule has 4 heteroatoms. The van der Waals surface area contributed by atoms with E-state index >= 15 is 0 Å². The van der Waals surface area contributed by atoms with Gasteiger partial charge in [-0.25, -0.2) is 4.79 Å². The molecule has 0 aliphatic rings. The van der Waals surface area contributed by atoms with Crippen LogP contribution in [0.3, 0.4) is 0 Å². The first-order valence-corrected chi connectivity index (χ1v) is 3.90. The van der Waals surface area contributed by atoms with Crippen molar-refractivity contribution in [3.8, 4) is 0 Å². The summed E-state index contributed by atoms with van der Waals surface area (Å²) in [5, 5.41) is 8.72. The summed E-state index contributed by atoms with van der Waals surface area (Å²) in [6.07, 6.45) is 0. The van der Waals surface area contributed by atoms with Gasteiger partial charge in [-0.3, -0.25) is 0 Å². The largest absolute Gasteiger partial charge is 0.478 e. The van der Waals surface area contributed by atoms with Crippen LogP contribution in [0.25, 0.3) is 0 Å². The predicted octanol–water partition coefficient (Wildman–Crippen LogP) is 0.987. The van der Waals surface area contributed by atoms with Gasteiger partial charge in [-0.15, -0.1) is 0 Å². The Kier molecular flexibility index (Phi) is 2.53. The van der Waals surface area contributed by atoms with E-state index in [-0.39, 0.29) is 11.6 Å². The Morgan fingerprint density at radius 2 is 2.08 bits per heavy atom. The van der Waals surface area contributed by atoms with E-state index in [1.807, 2.05) is 0 Å². The van der Waals surface area contributed by atoms with Gasteiger partial charge < -0.3 is 16.6 Å². The van der Waals surface area contributed by atoms with E-state index in [0.717, 1.165) is 5.56 Å². The number of nitrogens with two attached hydrogens (primary N) is 2. The molecule has 1 aromatic rings. The van der Waals surface area contributed by atoms with Crippen LogP contribution in [0.4, 0.5) is 5.69 Å². The van der Waals surface area contributed by atoms with E-state index in [9.17, 15) is 4.79 Å². The van der Waals surface area contributed by atoms with Gasteiger partial charge in [-0.1, -0.05) is 0 Å². The molecule has 1 atom stereocenters. The average Bonchev–Trinajstić information content (AvgIpc) is 2.03. The number of hydrogen-bond acceptors (Lipinski definition) is 3. The maximum absolute atomic E-state index is 10.6. The second kappa shape index (κ2) is 3.45. The molecule has 0 heterocycles. The highest BCUT2D eigenvalue weighted by molar-refractivity contribution is 5.89. The molecule has 0 fully saturated rings. The van der Waals surface area contributed by atoms with Crippen molar-refractivity contribution in [2.75, 3.05) is 5.73 Å². The van der Waals surface area contributed by atoms with Crippen LogP contribution in [0.15, 0.2) is 18.2 Å². The second-order valence-electron chi connectivity index (χ2n) is 2.98. The van der Waals surface area contributed by atoms with Crippen molar-refractivity contribution >= 4 is 11.7 Å². The SMILES string of the molecule is CC(N)c1cc(N)cc(C(=O)O)c1. The van der Waals surface area contributed by atoms with Crippen LogP contribution < -0.4 is 11.5 Å². The molecule has 13 heavy (non-hydrogen) atoms. The minimum Gasteiger partial charge on any atom is -0.478 e. The summed E-state index contributed by atoms with van der Waals surface area (Å²) in [5.41, 5.74) is 12.4. The van der Waals surface area contributed by atoms with Gasteiger partial charge >= 0.3 is 5.97 Å². The fourth-order valence-corrected chi connectivity index (χ4v) is 1.06. The molecule has 0 bridgehead atoms. The molecule has 5 N–H and O–H groups in total. The maximum atomic E-state index is 10.6. The molecule has 1 aromatic carbocycles. The number of nitrogen functional groups attached to an aromatic ring is 1. The van der Waals surface area contributed by atoms with Crippen molar-refractivity contribution in [2.24, 2.45) is 5.73 Å². The molecule has 0 spiro atoms. The quantitative estimate of drug-likeness (QED) is 0.592. The summed E-state index contributed by atoms with van der Waals surface area (Å²) < 4.78 is 0.